The average molecular weight is 488 g/mol. The molecule has 3 amide bonds. The number of β-lactam (4-membered cyclic amide) rings is 1. The fraction of sp³-hybridized carbons (Fsp3) is 0.529. The van der Waals surface area contributed by atoms with Gasteiger partial charge in [-0.2, -0.15) is 0 Å². The van der Waals surface area contributed by atoms with Gasteiger partial charge < -0.3 is 26.7 Å². The zero-order valence-corrected chi connectivity index (χ0v) is 19.2. The smallest absolute Gasteiger partial charge is 0.319 e. The first kappa shape index (κ1) is 23.9. The standard InChI is InChI=1S/C17H25N7O6S2/c1-22-13(19)11(21-17(28)20-4-3-18)6-23(22)5-9-7-31-15-10(8-32(2,29)30)14(25)24(15)12(9)16(26)27/h6,10,15,19H,3-5,7-8,18H2,1-2H3,(H3,20,21,26,27,28)/t10-,15-/m1/s1. The number of carbonyl (C=O) groups excluding carboxylic acids is 3. The Balaban J connectivity index is 1.84. The summed E-state index contributed by atoms with van der Waals surface area (Å²) in [6, 6.07) is -0.492. The van der Waals surface area contributed by atoms with Crippen molar-refractivity contribution in [2.45, 2.75) is 11.9 Å². The van der Waals surface area contributed by atoms with E-state index in [-0.39, 0.29) is 42.7 Å². The minimum Gasteiger partial charge on any atom is -0.543 e. The third kappa shape index (κ3) is 4.68. The highest BCUT2D eigenvalue weighted by molar-refractivity contribution is 8.00. The maximum atomic E-state index is 12.5. The van der Waals surface area contributed by atoms with Gasteiger partial charge in [0.25, 0.3) is 0 Å². The van der Waals surface area contributed by atoms with Crippen molar-refractivity contribution in [1.29, 1.82) is 0 Å². The molecule has 0 bridgehead atoms. The third-order valence-electron chi connectivity index (χ3n) is 5.15. The van der Waals surface area contributed by atoms with E-state index in [4.69, 9.17) is 11.5 Å². The molecular formula is C17H25N7O6S2. The van der Waals surface area contributed by atoms with Crippen LogP contribution in [-0.4, -0.2) is 72.1 Å². The van der Waals surface area contributed by atoms with Gasteiger partial charge in [-0.05, 0) is 0 Å². The fourth-order valence-corrected chi connectivity index (χ4v) is 6.13. The molecule has 1 aromatic heterocycles. The van der Waals surface area contributed by atoms with Crippen molar-refractivity contribution in [3.8, 4) is 0 Å². The highest BCUT2D eigenvalue weighted by atomic mass is 32.2. The number of sulfone groups is 1. The number of thioether (sulfide) groups is 1. The number of rotatable bonds is 8. The molecule has 1 saturated heterocycles. The molecule has 3 heterocycles. The second-order valence-electron chi connectivity index (χ2n) is 7.57. The first-order valence-electron chi connectivity index (χ1n) is 9.60. The van der Waals surface area contributed by atoms with Gasteiger partial charge in [0.1, 0.15) is 9.84 Å². The second-order valence-corrected chi connectivity index (χ2v) is 10.9. The number of urea groups is 1. The topological polar surface area (TPSA) is 197 Å². The Morgan fingerprint density at radius 1 is 1.41 bits per heavy atom. The maximum absolute atomic E-state index is 12.5. The third-order valence-corrected chi connectivity index (χ3v) is 7.51. The first-order valence-corrected chi connectivity index (χ1v) is 12.7. The van der Waals surface area contributed by atoms with Crippen LogP contribution in [0, 0.1) is 5.92 Å². The molecule has 2 atom stereocenters. The molecule has 2 aliphatic heterocycles. The summed E-state index contributed by atoms with van der Waals surface area (Å²) in [6.45, 7) is 0.621. The molecule has 176 valence electrons. The monoisotopic (exact) mass is 487 g/mol. The van der Waals surface area contributed by atoms with E-state index >= 15 is 0 Å². The number of fused-ring (bicyclic) bond motifs is 1. The van der Waals surface area contributed by atoms with Crippen LogP contribution in [0.1, 0.15) is 0 Å². The number of aliphatic carboxylic acids is 1. The van der Waals surface area contributed by atoms with Crippen LogP contribution in [0.15, 0.2) is 17.5 Å². The van der Waals surface area contributed by atoms with Crippen molar-refractivity contribution in [3.63, 3.8) is 0 Å². The number of nitrogens with one attached hydrogen (secondary N) is 2. The zero-order chi connectivity index (χ0) is 23.8. The highest BCUT2D eigenvalue weighted by Gasteiger charge is 2.53. The summed E-state index contributed by atoms with van der Waals surface area (Å²) in [6.07, 6.45) is 2.58. The molecule has 1 aromatic rings. The summed E-state index contributed by atoms with van der Waals surface area (Å²) in [5.41, 5.74) is 11.9. The van der Waals surface area contributed by atoms with Crippen molar-refractivity contribution in [2.24, 2.45) is 18.7 Å². The van der Waals surface area contributed by atoms with E-state index < -0.39 is 39.0 Å². The number of carboxylic acids is 1. The van der Waals surface area contributed by atoms with Crippen LogP contribution in [0.2, 0.25) is 0 Å². The summed E-state index contributed by atoms with van der Waals surface area (Å²) in [7, 11) is -1.77. The van der Waals surface area contributed by atoms with Crippen LogP contribution in [0.25, 0.3) is 0 Å². The molecule has 0 unspecified atom stereocenters. The minimum atomic E-state index is -3.40. The summed E-state index contributed by atoms with van der Waals surface area (Å²) in [5.74, 6) is -2.70. The average Bonchev–Trinajstić information content (AvgIpc) is 2.97. The number of nitrogens with zero attached hydrogens (tertiary/aromatic N) is 3. The summed E-state index contributed by atoms with van der Waals surface area (Å²) in [5, 5.41) is 16.5. The van der Waals surface area contributed by atoms with E-state index in [0.717, 1.165) is 11.2 Å². The zero-order valence-electron chi connectivity index (χ0n) is 17.5. The molecule has 1 fully saturated rings. The number of amides is 3. The lowest BCUT2D eigenvalue weighted by atomic mass is 9.97. The molecule has 32 heavy (non-hydrogen) atoms. The van der Waals surface area contributed by atoms with Gasteiger partial charge in [0.2, 0.25) is 12.1 Å². The Morgan fingerprint density at radius 3 is 2.69 bits per heavy atom. The van der Waals surface area contributed by atoms with Gasteiger partial charge >= 0.3 is 6.03 Å². The number of aromatic nitrogens is 2. The number of hydrogen-bond donors (Lipinski definition) is 4. The van der Waals surface area contributed by atoms with Crippen LogP contribution >= 0.6 is 11.8 Å². The van der Waals surface area contributed by atoms with Crippen molar-refractivity contribution in [3.05, 3.63) is 17.5 Å². The Kier molecular flexibility index (Phi) is 6.71. The first-order chi connectivity index (χ1) is 14.9. The number of anilines is 2. The van der Waals surface area contributed by atoms with Gasteiger partial charge in [-0.3, -0.25) is 15.0 Å². The Hall–Kier alpha value is -2.78. The minimum absolute atomic E-state index is 0.0658. The van der Waals surface area contributed by atoms with Crippen molar-refractivity contribution in [2.75, 3.05) is 41.9 Å². The largest absolute Gasteiger partial charge is 0.543 e. The van der Waals surface area contributed by atoms with Gasteiger partial charge in [0, 0.05) is 30.7 Å². The van der Waals surface area contributed by atoms with Crippen LogP contribution in [-0.2, 0) is 33.0 Å². The Bertz CT molecular complexity index is 1100. The number of hydrogen-bond acceptors (Lipinski definition) is 9. The van der Waals surface area contributed by atoms with Crippen molar-refractivity contribution >= 4 is 51.0 Å². The molecule has 0 aromatic carbocycles. The van der Waals surface area contributed by atoms with Gasteiger partial charge in [-0.25, -0.2) is 13.2 Å². The maximum Gasteiger partial charge on any atom is 0.319 e. The van der Waals surface area contributed by atoms with Gasteiger partial charge in [0.05, 0.1) is 35.8 Å². The van der Waals surface area contributed by atoms with Crippen LogP contribution < -0.4 is 31.9 Å². The van der Waals surface area contributed by atoms with E-state index in [1.807, 2.05) is 0 Å². The lowest BCUT2D eigenvalue weighted by Gasteiger charge is -2.50. The highest BCUT2D eigenvalue weighted by Crippen LogP contribution is 2.44. The molecule has 6 N–H and O–H groups in total. The lowest BCUT2D eigenvalue weighted by molar-refractivity contribution is -0.765. The molecular weight excluding hydrogens is 462 g/mol. The molecule has 2 aliphatic rings. The molecule has 0 saturated carbocycles. The van der Waals surface area contributed by atoms with E-state index in [1.165, 1.54) is 16.4 Å². The Morgan fingerprint density at radius 2 is 2.09 bits per heavy atom. The predicted octanol–water partition coefficient (Wildman–Crippen LogP) is -3.45. The van der Waals surface area contributed by atoms with E-state index in [9.17, 15) is 27.9 Å². The lowest BCUT2D eigenvalue weighted by Crippen LogP contribution is -2.64. The molecule has 3 rings (SSSR count). The number of carbonyl (C=O) groups is 3. The second kappa shape index (κ2) is 8.99. The van der Waals surface area contributed by atoms with Crippen LogP contribution in [0.3, 0.4) is 0 Å². The normalized spacial score (nSPS) is 20.6. The molecule has 0 aliphatic carbocycles. The van der Waals surface area contributed by atoms with Crippen LogP contribution in [0.4, 0.5) is 16.3 Å². The molecule has 0 radical (unpaired) electrons. The summed E-state index contributed by atoms with van der Waals surface area (Å²) < 4.78 is 26.3. The summed E-state index contributed by atoms with van der Waals surface area (Å²) in [4.78, 5) is 37.4. The number of nitrogens with two attached hydrogens (primary N) is 2. The van der Waals surface area contributed by atoms with E-state index in [2.05, 4.69) is 10.6 Å². The van der Waals surface area contributed by atoms with Gasteiger partial charge in [-0.1, -0.05) is 0 Å². The van der Waals surface area contributed by atoms with E-state index in [0.29, 0.717) is 11.3 Å². The van der Waals surface area contributed by atoms with Crippen LogP contribution in [0.5, 0.6) is 0 Å². The SMILES string of the molecule is Cn1c(N)c(NC(=O)NCCN)c[n+]1CC1=C(C(=O)[O-])N2C(=O)[C@@H](CS(C)(=O)=O)[C@H]2SC1. The summed E-state index contributed by atoms with van der Waals surface area (Å²) >= 11 is 1.30. The molecule has 15 heteroatoms. The van der Waals surface area contributed by atoms with E-state index in [1.54, 1.807) is 17.9 Å². The van der Waals surface area contributed by atoms with Gasteiger partial charge in [-0.15, -0.1) is 21.1 Å². The quantitative estimate of drug-likeness (QED) is 0.213. The molecule has 0 spiro atoms. The van der Waals surface area contributed by atoms with Crippen molar-refractivity contribution in [1.82, 2.24) is 14.9 Å². The molecule has 13 nitrogen and oxygen atoms in total. The van der Waals surface area contributed by atoms with Gasteiger partial charge in [0.15, 0.2) is 18.1 Å². The Labute approximate surface area is 188 Å². The number of nitrogen functional groups attached to an aromatic ring is 1. The predicted molar refractivity (Wildman–Crippen MR) is 114 cm³/mol. The number of carboxylic acid groups (broad SMARTS) is 1. The fourth-order valence-electron chi connectivity index (χ4n) is 3.63. The van der Waals surface area contributed by atoms with Crippen molar-refractivity contribution < 1.29 is 32.6 Å².